The van der Waals surface area contributed by atoms with Crippen molar-refractivity contribution in [2.24, 2.45) is 0 Å². The minimum atomic E-state index is -1.07. The van der Waals surface area contributed by atoms with Crippen LogP contribution < -0.4 is 10.2 Å². The quantitative estimate of drug-likeness (QED) is 0.940. The molecule has 1 aromatic carbocycles. The molecule has 0 spiro atoms. The van der Waals surface area contributed by atoms with Gasteiger partial charge in [0, 0.05) is 31.5 Å². The molecule has 0 aliphatic heterocycles. The van der Waals surface area contributed by atoms with Crippen molar-refractivity contribution < 1.29 is 9.18 Å². The van der Waals surface area contributed by atoms with Gasteiger partial charge in [-0.15, -0.1) is 0 Å². The molecular formula is C16H15FN4O. The van der Waals surface area contributed by atoms with E-state index in [-0.39, 0.29) is 11.3 Å². The van der Waals surface area contributed by atoms with Crippen LogP contribution in [0.25, 0.3) is 0 Å². The second kappa shape index (κ2) is 6.68. The molecule has 6 heteroatoms. The Morgan fingerprint density at radius 1 is 1.36 bits per heavy atom. The number of amides is 1. The minimum absolute atomic E-state index is 0.127. The van der Waals surface area contributed by atoms with Gasteiger partial charge in [0.1, 0.15) is 17.6 Å². The first-order valence-corrected chi connectivity index (χ1v) is 6.61. The summed E-state index contributed by atoms with van der Waals surface area (Å²) in [6, 6.07) is 10.0. The summed E-state index contributed by atoms with van der Waals surface area (Å²) in [4.78, 5) is 18.0. The summed E-state index contributed by atoms with van der Waals surface area (Å²) in [6.07, 6.45) is 1.51. The number of nitriles is 1. The maximum Gasteiger partial charge on any atom is 0.271 e. The Kier molecular flexibility index (Phi) is 4.69. The van der Waals surface area contributed by atoms with Crippen molar-refractivity contribution in [3.63, 3.8) is 0 Å². The van der Waals surface area contributed by atoms with E-state index in [0.29, 0.717) is 0 Å². The monoisotopic (exact) mass is 298 g/mol. The van der Waals surface area contributed by atoms with Gasteiger partial charge in [-0.05, 0) is 18.2 Å². The molecule has 1 N–H and O–H groups in total. The number of carbonyl (C=O) groups excluding carboxylic acids is 1. The third-order valence-electron chi connectivity index (χ3n) is 3.11. The summed E-state index contributed by atoms with van der Waals surface area (Å²) in [5.74, 6) is -1.07. The molecule has 0 unspecified atom stereocenters. The average Bonchev–Trinajstić information content (AvgIpc) is 2.53. The lowest BCUT2D eigenvalue weighted by molar-refractivity contribution is 0.0940. The Morgan fingerprint density at radius 2 is 2.09 bits per heavy atom. The second-order valence-electron chi connectivity index (χ2n) is 4.85. The molecule has 0 fully saturated rings. The summed E-state index contributed by atoms with van der Waals surface area (Å²) in [6.45, 7) is 0. The highest BCUT2D eigenvalue weighted by molar-refractivity contribution is 5.93. The molecule has 0 aliphatic carbocycles. The number of benzene rings is 1. The van der Waals surface area contributed by atoms with E-state index < -0.39 is 17.8 Å². The van der Waals surface area contributed by atoms with Crippen molar-refractivity contribution in [1.82, 2.24) is 10.3 Å². The first-order valence-electron chi connectivity index (χ1n) is 6.61. The maximum absolute atomic E-state index is 13.7. The van der Waals surface area contributed by atoms with Gasteiger partial charge in [-0.3, -0.25) is 9.78 Å². The molecule has 1 heterocycles. The third-order valence-corrected chi connectivity index (χ3v) is 3.11. The number of rotatable bonds is 4. The number of carbonyl (C=O) groups is 1. The van der Waals surface area contributed by atoms with E-state index in [4.69, 9.17) is 0 Å². The van der Waals surface area contributed by atoms with Crippen LogP contribution in [0.3, 0.4) is 0 Å². The van der Waals surface area contributed by atoms with Crippen LogP contribution in [0.2, 0.25) is 0 Å². The van der Waals surface area contributed by atoms with Gasteiger partial charge in [0.2, 0.25) is 0 Å². The fourth-order valence-corrected chi connectivity index (χ4v) is 1.92. The summed E-state index contributed by atoms with van der Waals surface area (Å²) < 4.78 is 13.7. The smallest absolute Gasteiger partial charge is 0.271 e. The van der Waals surface area contributed by atoms with Gasteiger partial charge in [-0.2, -0.15) is 5.26 Å². The van der Waals surface area contributed by atoms with E-state index in [1.54, 1.807) is 18.2 Å². The highest BCUT2D eigenvalue weighted by atomic mass is 19.1. The minimum Gasteiger partial charge on any atom is -0.378 e. The first kappa shape index (κ1) is 15.4. The molecule has 112 valence electrons. The molecule has 22 heavy (non-hydrogen) atoms. The number of nitrogens with one attached hydrogen (secondary N) is 1. The summed E-state index contributed by atoms with van der Waals surface area (Å²) in [7, 11) is 3.68. The van der Waals surface area contributed by atoms with Gasteiger partial charge in [-0.1, -0.05) is 18.2 Å². The van der Waals surface area contributed by atoms with E-state index in [9.17, 15) is 14.4 Å². The molecule has 1 aromatic heterocycles. The predicted octanol–water partition coefficient (Wildman–Crippen LogP) is 2.28. The van der Waals surface area contributed by atoms with Crippen LogP contribution in [0.5, 0.6) is 0 Å². The van der Waals surface area contributed by atoms with Crippen LogP contribution in [0.15, 0.2) is 42.6 Å². The highest BCUT2D eigenvalue weighted by Gasteiger charge is 2.19. The third kappa shape index (κ3) is 3.38. The SMILES string of the molecule is CN(C)c1ccnc(C(=O)N[C@H](C#N)c2ccccc2F)c1. The Morgan fingerprint density at radius 3 is 2.73 bits per heavy atom. The van der Waals surface area contributed by atoms with Crippen LogP contribution in [-0.4, -0.2) is 25.0 Å². The van der Waals surface area contributed by atoms with Crippen molar-refractivity contribution in [3.05, 3.63) is 59.7 Å². The lowest BCUT2D eigenvalue weighted by atomic mass is 10.1. The molecule has 1 amide bonds. The van der Waals surface area contributed by atoms with Gasteiger partial charge in [0.05, 0.1) is 6.07 Å². The lowest BCUT2D eigenvalue weighted by Crippen LogP contribution is -2.29. The largest absolute Gasteiger partial charge is 0.378 e. The van der Waals surface area contributed by atoms with Crippen LogP contribution in [0.1, 0.15) is 22.1 Å². The summed E-state index contributed by atoms with van der Waals surface area (Å²) in [5.41, 5.74) is 1.10. The predicted molar refractivity (Wildman–Crippen MR) is 80.8 cm³/mol. The summed E-state index contributed by atoms with van der Waals surface area (Å²) in [5, 5.41) is 11.7. The van der Waals surface area contributed by atoms with Crippen molar-refractivity contribution in [2.75, 3.05) is 19.0 Å². The normalized spacial score (nSPS) is 11.4. The lowest BCUT2D eigenvalue weighted by Gasteiger charge is -2.15. The number of halogens is 1. The molecule has 0 saturated heterocycles. The fourth-order valence-electron chi connectivity index (χ4n) is 1.92. The van der Waals surface area contributed by atoms with E-state index in [2.05, 4.69) is 10.3 Å². The molecule has 1 atom stereocenters. The fraction of sp³-hybridized carbons (Fsp3) is 0.188. The van der Waals surface area contributed by atoms with Crippen molar-refractivity contribution in [1.29, 1.82) is 5.26 Å². The Bertz CT molecular complexity index is 724. The topological polar surface area (TPSA) is 69.0 Å². The van der Waals surface area contributed by atoms with Crippen LogP contribution in [0.4, 0.5) is 10.1 Å². The zero-order valence-corrected chi connectivity index (χ0v) is 12.2. The molecule has 2 aromatic rings. The number of anilines is 1. The van der Waals surface area contributed by atoms with E-state index >= 15 is 0 Å². The van der Waals surface area contributed by atoms with Crippen LogP contribution in [0, 0.1) is 17.1 Å². The van der Waals surface area contributed by atoms with E-state index in [0.717, 1.165) is 5.69 Å². The van der Waals surface area contributed by atoms with E-state index in [1.807, 2.05) is 25.1 Å². The van der Waals surface area contributed by atoms with Gasteiger partial charge in [-0.25, -0.2) is 4.39 Å². The molecule has 5 nitrogen and oxygen atoms in total. The first-order chi connectivity index (χ1) is 10.5. The average molecular weight is 298 g/mol. The Balaban J connectivity index is 2.22. The van der Waals surface area contributed by atoms with Gasteiger partial charge in [0.15, 0.2) is 0 Å². The van der Waals surface area contributed by atoms with Crippen molar-refractivity contribution in [2.45, 2.75) is 6.04 Å². The number of pyridine rings is 1. The summed E-state index contributed by atoms with van der Waals surface area (Å²) >= 11 is 0. The molecule has 0 saturated carbocycles. The molecule has 0 bridgehead atoms. The Labute approximate surface area is 128 Å². The van der Waals surface area contributed by atoms with Crippen molar-refractivity contribution in [3.8, 4) is 6.07 Å². The number of nitrogens with zero attached hydrogens (tertiary/aromatic N) is 3. The molecule has 2 rings (SSSR count). The molecule has 0 aliphatic rings. The zero-order chi connectivity index (χ0) is 16.1. The van der Waals surface area contributed by atoms with Crippen molar-refractivity contribution >= 4 is 11.6 Å². The second-order valence-corrected chi connectivity index (χ2v) is 4.85. The maximum atomic E-state index is 13.7. The Hall–Kier alpha value is -2.94. The van der Waals surface area contributed by atoms with Gasteiger partial charge in [0.25, 0.3) is 5.91 Å². The highest BCUT2D eigenvalue weighted by Crippen LogP contribution is 2.17. The number of hydrogen-bond acceptors (Lipinski definition) is 4. The van der Waals surface area contributed by atoms with Gasteiger partial charge < -0.3 is 10.2 Å². The number of hydrogen-bond donors (Lipinski definition) is 1. The van der Waals surface area contributed by atoms with Crippen LogP contribution >= 0.6 is 0 Å². The molecule has 0 radical (unpaired) electrons. The number of aromatic nitrogens is 1. The van der Waals surface area contributed by atoms with Gasteiger partial charge >= 0.3 is 0 Å². The zero-order valence-electron chi connectivity index (χ0n) is 12.2. The van der Waals surface area contributed by atoms with E-state index in [1.165, 1.54) is 24.4 Å². The molecular weight excluding hydrogens is 283 g/mol. The van der Waals surface area contributed by atoms with Crippen LogP contribution in [-0.2, 0) is 0 Å². The standard InChI is InChI=1S/C16H15FN4O/c1-21(2)11-7-8-19-14(9-11)16(22)20-15(10-18)12-5-3-4-6-13(12)17/h3-9,15H,1-2H3,(H,20,22)/t15-/m1/s1.